The monoisotopic (exact) mass is 245 g/mol. The molecule has 1 saturated carbocycles. The third-order valence-corrected chi connectivity index (χ3v) is 4.32. The zero-order valence-corrected chi connectivity index (χ0v) is 12.1. The Morgan fingerprint density at radius 3 is 2.22 bits per heavy atom. The largest absolute Gasteiger partial charge is 0.307 e. The van der Waals surface area contributed by atoms with Crippen molar-refractivity contribution >= 4 is 0 Å². The van der Waals surface area contributed by atoms with Crippen LogP contribution in [-0.4, -0.2) is 5.54 Å². The predicted molar refractivity (Wildman–Crippen MR) is 78.9 cm³/mol. The van der Waals surface area contributed by atoms with Crippen LogP contribution in [0.2, 0.25) is 0 Å². The van der Waals surface area contributed by atoms with E-state index in [9.17, 15) is 0 Å². The minimum absolute atomic E-state index is 0.370. The first kappa shape index (κ1) is 13.6. The van der Waals surface area contributed by atoms with Gasteiger partial charge in [-0.1, -0.05) is 57.4 Å². The van der Waals surface area contributed by atoms with E-state index < -0.39 is 0 Å². The Balaban J connectivity index is 1.89. The van der Waals surface area contributed by atoms with Crippen LogP contribution in [0.25, 0.3) is 0 Å². The number of nitrogens with one attached hydrogen (secondary N) is 1. The van der Waals surface area contributed by atoms with Gasteiger partial charge in [0.2, 0.25) is 0 Å². The van der Waals surface area contributed by atoms with E-state index in [2.05, 4.69) is 50.4 Å². The average molecular weight is 245 g/mol. The Bertz CT molecular complexity index is 358. The second kappa shape index (κ2) is 5.88. The first-order chi connectivity index (χ1) is 8.59. The third-order valence-electron chi connectivity index (χ3n) is 4.32. The molecule has 1 N–H and O–H groups in total. The molecule has 1 nitrogen and oxygen atoms in total. The van der Waals surface area contributed by atoms with Crippen LogP contribution in [0.4, 0.5) is 0 Å². The molecule has 100 valence electrons. The zero-order chi connectivity index (χ0) is 13.0. The second-order valence-corrected chi connectivity index (χ2v) is 6.37. The Kier molecular flexibility index (Phi) is 4.45. The molecule has 0 heterocycles. The molecule has 0 saturated heterocycles. The van der Waals surface area contributed by atoms with Crippen LogP contribution in [0.5, 0.6) is 0 Å². The van der Waals surface area contributed by atoms with Gasteiger partial charge in [-0.3, -0.25) is 0 Å². The summed E-state index contributed by atoms with van der Waals surface area (Å²) in [6.07, 6.45) is 6.85. The van der Waals surface area contributed by atoms with E-state index in [-0.39, 0.29) is 0 Å². The Hall–Kier alpha value is -0.820. The van der Waals surface area contributed by atoms with E-state index in [1.165, 1.54) is 43.2 Å². The molecular weight excluding hydrogens is 218 g/mol. The molecule has 0 aliphatic heterocycles. The molecule has 0 amide bonds. The van der Waals surface area contributed by atoms with Crippen LogP contribution in [0.3, 0.4) is 0 Å². The number of hydrogen-bond donors (Lipinski definition) is 1. The predicted octanol–water partition coefficient (Wildman–Crippen LogP) is 4.62. The SMILES string of the molecule is CC(C)c1ccc(CNC2(C)CCCCC2)cc1. The smallest absolute Gasteiger partial charge is 0.0210 e. The van der Waals surface area contributed by atoms with Gasteiger partial charge in [-0.05, 0) is 36.8 Å². The van der Waals surface area contributed by atoms with Gasteiger partial charge in [0.15, 0.2) is 0 Å². The molecule has 1 aliphatic carbocycles. The Labute approximate surface area is 112 Å². The second-order valence-electron chi connectivity index (χ2n) is 6.37. The van der Waals surface area contributed by atoms with Crippen molar-refractivity contribution in [3.8, 4) is 0 Å². The van der Waals surface area contributed by atoms with Crippen molar-refractivity contribution in [2.24, 2.45) is 0 Å². The van der Waals surface area contributed by atoms with Gasteiger partial charge < -0.3 is 5.32 Å². The van der Waals surface area contributed by atoms with E-state index in [0.29, 0.717) is 11.5 Å². The summed E-state index contributed by atoms with van der Waals surface area (Å²) in [6.45, 7) is 7.89. The Morgan fingerprint density at radius 1 is 1.06 bits per heavy atom. The van der Waals surface area contributed by atoms with Crippen molar-refractivity contribution in [2.75, 3.05) is 0 Å². The molecule has 18 heavy (non-hydrogen) atoms. The first-order valence-electron chi connectivity index (χ1n) is 7.43. The molecule has 0 radical (unpaired) electrons. The molecule has 1 aromatic carbocycles. The van der Waals surface area contributed by atoms with Crippen LogP contribution in [0, 0.1) is 0 Å². The summed E-state index contributed by atoms with van der Waals surface area (Å²) in [7, 11) is 0. The highest BCUT2D eigenvalue weighted by molar-refractivity contribution is 5.24. The fourth-order valence-corrected chi connectivity index (χ4v) is 2.84. The van der Waals surface area contributed by atoms with Crippen LogP contribution >= 0.6 is 0 Å². The maximum atomic E-state index is 3.76. The topological polar surface area (TPSA) is 12.0 Å². The molecule has 0 spiro atoms. The molecule has 1 heteroatoms. The van der Waals surface area contributed by atoms with Gasteiger partial charge >= 0.3 is 0 Å². The van der Waals surface area contributed by atoms with Gasteiger partial charge in [0, 0.05) is 12.1 Å². The summed E-state index contributed by atoms with van der Waals surface area (Å²) in [6, 6.07) is 9.08. The summed E-state index contributed by atoms with van der Waals surface area (Å²) in [5.74, 6) is 0.628. The van der Waals surface area contributed by atoms with Crippen LogP contribution in [0.1, 0.15) is 69.9 Å². The minimum Gasteiger partial charge on any atom is -0.307 e. The van der Waals surface area contributed by atoms with E-state index in [1.54, 1.807) is 0 Å². The van der Waals surface area contributed by atoms with Crippen molar-refractivity contribution < 1.29 is 0 Å². The van der Waals surface area contributed by atoms with Crippen molar-refractivity contribution in [1.29, 1.82) is 0 Å². The minimum atomic E-state index is 0.370. The lowest BCUT2D eigenvalue weighted by molar-refractivity contribution is 0.252. The van der Waals surface area contributed by atoms with Crippen LogP contribution in [-0.2, 0) is 6.54 Å². The van der Waals surface area contributed by atoms with Gasteiger partial charge in [0.1, 0.15) is 0 Å². The van der Waals surface area contributed by atoms with E-state index in [0.717, 1.165) is 6.54 Å². The lowest BCUT2D eigenvalue weighted by atomic mass is 9.83. The number of hydrogen-bond acceptors (Lipinski definition) is 1. The van der Waals surface area contributed by atoms with Gasteiger partial charge in [-0.15, -0.1) is 0 Å². The highest BCUT2D eigenvalue weighted by Gasteiger charge is 2.25. The van der Waals surface area contributed by atoms with Gasteiger partial charge in [-0.2, -0.15) is 0 Å². The molecule has 1 fully saturated rings. The van der Waals surface area contributed by atoms with Crippen molar-refractivity contribution in [3.05, 3.63) is 35.4 Å². The van der Waals surface area contributed by atoms with Gasteiger partial charge in [0.05, 0.1) is 0 Å². The van der Waals surface area contributed by atoms with E-state index >= 15 is 0 Å². The summed E-state index contributed by atoms with van der Waals surface area (Å²) in [5, 5.41) is 3.76. The summed E-state index contributed by atoms with van der Waals surface area (Å²) < 4.78 is 0. The summed E-state index contributed by atoms with van der Waals surface area (Å²) >= 11 is 0. The molecule has 1 aliphatic rings. The highest BCUT2D eigenvalue weighted by Crippen LogP contribution is 2.27. The lowest BCUT2D eigenvalue weighted by Crippen LogP contribution is -2.43. The standard InChI is InChI=1S/C17H27N/c1-14(2)16-9-7-15(8-10-16)13-18-17(3)11-5-4-6-12-17/h7-10,14,18H,4-6,11-13H2,1-3H3. The van der Waals surface area contributed by atoms with Crippen molar-refractivity contribution in [2.45, 2.75) is 70.9 Å². The average Bonchev–Trinajstić information content (AvgIpc) is 2.38. The highest BCUT2D eigenvalue weighted by atomic mass is 15.0. The Morgan fingerprint density at radius 2 is 1.67 bits per heavy atom. The van der Waals surface area contributed by atoms with Crippen molar-refractivity contribution in [1.82, 2.24) is 5.32 Å². The molecule has 0 bridgehead atoms. The molecule has 2 rings (SSSR count). The normalized spacial score (nSPS) is 19.1. The molecule has 1 aromatic rings. The van der Waals surface area contributed by atoms with Crippen LogP contribution in [0.15, 0.2) is 24.3 Å². The number of rotatable bonds is 4. The van der Waals surface area contributed by atoms with Gasteiger partial charge in [0.25, 0.3) is 0 Å². The summed E-state index contributed by atoms with van der Waals surface area (Å²) in [4.78, 5) is 0. The quantitative estimate of drug-likeness (QED) is 0.816. The fourth-order valence-electron chi connectivity index (χ4n) is 2.84. The van der Waals surface area contributed by atoms with Crippen LogP contribution < -0.4 is 5.32 Å². The molecule has 0 aromatic heterocycles. The third kappa shape index (κ3) is 3.58. The van der Waals surface area contributed by atoms with E-state index in [1.807, 2.05) is 0 Å². The maximum Gasteiger partial charge on any atom is 0.0210 e. The number of benzene rings is 1. The van der Waals surface area contributed by atoms with Gasteiger partial charge in [-0.25, -0.2) is 0 Å². The molecule has 0 unspecified atom stereocenters. The molecular formula is C17H27N. The van der Waals surface area contributed by atoms with E-state index in [4.69, 9.17) is 0 Å². The van der Waals surface area contributed by atoms with Crippen molar-refractivity contribution in [3.63, 3.8) is 0 Å². The molecule has 0 atom stereocenters. The maximum absolute atomic E-state index is 3.76. The fraction of sp³-hybridized carbons (Fsp3) is 0.647. The zero-order valence-electron chi connectivity index (χ0n) is 12.1. The summed E-state index contributed by atoms with van der Waals surface area (Å²) in [5.41, 5.74) is 3.21. The lowest BCUT2D eigenvalue weighted by Gasteiger charge is -2.34. The first-order valence-corrected chi connectivity index (χ1v) is 7.43.